The van der Waals surface area contributed by atoms with Crippen molar-refractivity contribution < 1.29 is 4.74 Å². The van der Waals surface area contributed by atoms with Gasteiger partial charge in [0, 0.05) is 21.9 Å². The predicted molar refractivity (Wildman–Crippen MR) is 86.8 cm³/mol. The zero-order valence-corrected chi connectivity index (χ0v) is 12.9. The third-order valence-electron chi connectivity index (χ3n) is 4.21. The maximum Gasteiger partial charge on any atom is 0.118 e. The van der Waals surface area contributed by atoms with E-state index in [1.165, 1.54) is 5.56 Å². The molecule has 0 bridgehead atoms. The summed E-state index contributed by atoms with van der Waals surface area (Å²) >= 11 is 6.30. The number of ether oxygens (including phenoxy) is 1. The molecule has 21 heavy (non-hydrogen) atoms. The first-order valence-electron chi connectivity index (χ1n) is 7.04. The number of rotatable bonds is 2. The van der Waals surface area contributed by atoms with Crippen LogP contribution in [-0.2, 0) is 5.41 Å². The fourth-order valence-corrected chi connectivity index (χ4v) is 2.99. The molecule has 1 saturated carbocycles. The Morgan fingerprint density at radius 2 is 1.86 bits per heavy atom. The summed E-state index contributed by atoms with van der Waals surface area (Å²) < 4.78 is 5.15. The number of methoxy groups -OCH3 is 1. The molecule has 1 aliphatic rings. The highest BCUT2D eigenvalue weighted by atomic mass is 35.5. The molecule has 0 aromatic heterocycles. The van der Waals surface area contributed by atoms with Gasteiger partial charge in [0.25, 0.3) is 0 Å². The van der Waals surface area contributed by atoms with Crippen LogP contribution in [0.15, 0.2) is 48.5 Å². The second-order valence-electron chi connectivity index (χ2n) is 5.65. The lowest BCUT2D eigenvalue weighted by atomic mass is 9.95. The Bertz CT molecular complexity index is 708. The van der Waals surface area contributed by atoms with Crippen LogP contribution in [0.25, 0.3) is 0 Å². The van der Waals surface area contributed by atoms with E-state index in [1.807, 2.05) is 42.5 Å². The van der Waals surface area contributed by atoms with Crippen molar-refractivity contribution in [3.8, 4) is 17.6 Å². The normalized spacial score (nSPS) is 23.1. The molecular weight excluding hydrogens is 280 g/mol. The molecule has 1 fully saturated rings. The molecule has 2 aromatic carbocycles. The van der Waals surface area contributed by atoms with Crippen LogP contribution in [0.1, 0.15) is 24.5 Å². The standard InChI is InChI=1S/C19H17ClO/c1-19(17-5-3-4-6-18(17)20)13-15(19)10-7-14-8-11-16(21-2)12-9-14/h3-6,8-9,11-12,15H,13H2,1-2H3/t15-,19-/m1/s1. The molecule has 0 unspecified atom stereocenters. The molecule has 106 valence electrons. The van der Waals surface area contributed by atoms with Crippen molar-refractivity contribution in [1.82, 2.24) is 0 Å². The van der Waals surface area contributed by atoms with Crippen LogP contribution < -0.4 is 4.74 Å². The van der Waals surface area contributed by atoms with Gasteiger partial charge in [-0.05, 0) is 42.3 Å². The lowest BCUT2D eigenvalue weighted by molar-refractivity contribution is 0.415. The fourth-order valence-electron chi connectivity index (χ4n) is 2.64. The highest BCUT2D eigenvalue weighted by molar-refractivity contribution is 6.31. The SMILES string of the molecule is COc1ccc(C#C[C@@H]2C[C@@]2(C)c2ccccc2Cl)cc1. The van der Waals surface area contributed by atoms with Gasteiger partial charge in [-0.2, -0.15) is 0 Å². The van der Waals surface area contributed by atoms with Gasteiger partial charge in [-0.3, -0.25) is 0 Å². The Kier molecular flexibility index (Phi) is 3.66. The van der Waals surface area contributed by atoms with Crippen molar-refractivity contribution in [2.24, 2.45) is 5.92 Å². The summed E-state index contributed by atoms with van der Waals surface area (Å²) in [5.74, 6) is 7.86. The smallest absolute Gasteiger partial charge is 0.118 e. The maximum atomic E-state index is 6.30. The van der Waals surface area contributed by atoms with Crippen molar-refractivity contribution in [3.05, 3.63) is 64.7 Å². The molecule has 0 saturated heterocycles. The van der Waals surface area contributed by atoms with E-state index in [-0.39, 0.29) is 5.41 Å². The van der Waals surface area contributed by atoms with Gasteiger partial charge in [0.1, 0.15) is 5.75 Å². The number of halogens is 1. The number of hydrogen-bond acceptors (Lipinski definition) is 1. The Labute approximate surface area is 130 Å². The van der Waals surface area contributed by atoms with E-state index >= 15 is 0 Å². The van der Waals surface area contributed by atoms with Crippen molar-refractivity contribution in [3.63, 3.8) is 0 Å². The Morgan fingerprint density at radius 3 is 2.52 bits per heavy atom. The lowest BCUT2D eigenvalue weighted by Crippen LogP contribution is -2.04. The molecule has 3 rings (SSSR count). The van der Waals surface area contributed by atoms with Gasteiger partial charge in [-0.25, -0.2) is 0 Å². The van der Waals surface area contributed by atoms with Crippen LogP contribution in [0.3, 0.4) is 0 Å². The van der Waals surface area contributed by atoms with Crippen LogP contribution in [0, 0.1) is 17.8 Å². The number of benzene rings is 2. The molecule has 2 heteroatoms. The van der Waals surface area contributed by atoms with Gasteiger partial charge >= 0.3 is 0 Å². The molecule has 2 aromatic rings. The summed E-state index contributed by atoms with van der Waals surface area (Å²) in [6, 6.07) is 15.9. The summed E-state index contributed by atoms with van der Waals surface area (Å²) in [5, 5.41) is 0.841. The minimum Gasteiger partial charge on any atom is -0.497 e. The Balaban J connectivity index is 1.76. The molecular formula is C19H17ClO. The van der Waals surface area contributed by atoms with Gasteiger partial charge in [0.15, 0.2) is 0 Å². The molecule has 0 amide bonds. The summed E-state index contributed by atoms with van der Waals surface area (Å²) in [6.07, 6.45) is 1.07. The highest BCUT2D eigenvalue weighted by Gasteiger charge is 2.51. The van der Waals surface area contributed by atoms with E-state index in [9.17, 15) is 0 Å². The monoisotopic (exact) mass is 296 g/mol. The molecule has 0 N–H and O–H groups in total. The van der Waals surface area contributed by atoms with E-state index in [4.69, 9.17) is 16.3 Å². The topological polar surface area (TPSA) is 9.23 Å². The van der Waals surface area contributed by atoms with Gasteiger partial charge in [-0.15, -0.1) is 0 Å². The molecule has 0 aliphatic heterocycles. The summed E-state index contributed by atoms with van der Waals surface area (Å²) in [7, 11) is 1.67. The highest BCUT2D eigenvalue weighted by Crippen LogP contribution is 2.55. The fraction of sp³-hybridized carbons (Fsp3) is 0.263. The average molecular weight is 297 g/mol. The van der Waals surface area contributed by atoms with Crippen LogP contribution >= 0.6 is 11.6 Å². The largest absolute Gasteiger partial charge is 0.497 e. The maximum absolute atomic E-state index is 6.30. The number of hydrogen-bond donors (Lipinski definition) is 0. The summed E-state index contributed by atoms with van der Waals surface area (Å²) in [5.41, 5.74) is 2.32. The van der Waals surface area contributed by atoms with Crippen LogP contribution in [0.4, 0.5) is 0 Å². The Hall–Kier alpha value is -1.91. The molecule has 0 heterocycles. The van der Waals surface area contributed by atoms with E-state index in [1.54, 1.807) is 7.11 Å². The van der Waals surface area contributed by atoms with Crippen molar-refractivity contribution in [2.75, 3.05) is 7.11 Å². The van der Waals surface area contributed by atoms with Gasteiger partial charge in [-0.1, -0.05) is 48.6 Å². The first kappa shape index (κ1) is 14.0. The molecule has 1 aliphatic carbocycles. The van der Waals surface area contributed by atoms with Crippen molar-refractivity contribution in [2.45, 2.75) is 18.8 Å². The predicted octanol–water partition coefficient (Wildman–Crippen LogP) is 4.68. The third kappa shape index (κ3) is 2.77. The van der Waals surface area contributed by atoms with Gasteiger partial charge in [0.05, 0.1) is 7.11 Å². The zero-order valence-electron chi connectivity index (χ0n) is 12.2. The summed E-state index contributed by atoms with van der Waals surface area (Å²) in [6.45, 7) is 2.24. The van der Waals surface area contributed by atoms with Crippen LogP contribution in [0.2, 0.25) is 5.02 Å². The second kappa shape index (κ2) is 5.47. The van der Waals surface area contributed by atoms with Gasteiger partial charge in [0.2, 0.25) is 0 Å². The first-order chi connectivity index (χ1) is 10.1. The molecule has 1 nitrogen and oxygen atoms in total. The first-order valence-corrected chi connectivity index (χ1v) is 7.42. The van der Waals surface area contributed by atoms with E-state index in [0.717, 1.165) is 22.8 Å². The van der Waals surface area contributed by atoms with Gasteiger partial charge < -0.3 is 4.74 Å². The van der Waals surface area contributed by atoms with E-state index < -0.39 is 0 Å². The van der Waals surface area contributed by atoms with E-state index in [0.29, 0.717) is 5.92 Å². The van der Waals surface area contributed by atoms with Crippen molar-refractivity contribution in [1.29, 1.82) is 0 Å². The molecule has 0 spiro atoms. The average Bonchev–Trinajstić information content (AvgIpc) is 3.18. The minimum absolute atomic E-state index is 0.0951. The molecule has 2 atom stereocenters. The summed E-state index contributed by atoms with van der Waals surface area (Å²) in [4.78, 5) is 0. The Morgan fingerprint density at radius 1 is 1.14 bits per heavy atom. The van der Waals surface area contributed by atoms with Crippen molar-refractivity contribution >= 4 is 11.6 Å². The van der Waals surface area contributed by atoms with Crippen LogP contribution in [-0.4, -0.2) is 7.11 Å². The molecule has 0 radical (unpaired) electrons. The zero-order chi connectivity index (χ0) is 14.9. The second-order valence-corrected chi connectivity index (χ2v) is 6.06. The minimum atomic E-state index is 0.0951. The van der Waals surface area contributed by atoms with Crippen LogP contribution in [0.5, 0.6) is 5.75 Å². The lowest BCUT2D eigenvalue weighted by Gasteiger charge is -2.11. The van der Waals surface area contributed by atoms with E-state index in [2.05, 4.69) is 24.8 Å². The quantitative estimate of drug-likeness (QED) is 0.731. The third-order valence-corrected chi connectivity index (χ3v) is 4.54.